The van der Waals surface area contributed by atoms with Crippen LogP contribution in [0.5, 0.6) is 0 Å². The maximum absolute atomic E-state index is 6.25. The van der Waals surface area contributed by atoms with E-state index in [0.717, 1.165) is 17.8 Å². The fourth-order valence-corrected chi connectivity index (χ4v) is 5.07. The van der Waals surface area contributed by atoms with E-state index in [-0.39, 0.29) is 5.60 Å². The monoisotopic (exact) mass is 431 g/mol. The first-order chi connectivity index (χ1) is 14.6. The third kappa shape index (κ3) is 11.4. The first-order valence-electron chi connectivity index (χ1n) is 11.8. The van der Waals surface area contributed by atoms with Gasteiger partial charge in [-0.2, -0.15) is 0 Å². The Morgan fingerprint density at radius 1 is 0.633 bits per heavy atom. The maximum atomic E-state index is 6.25. The molecule has 2 unspecified atom stereocenters. The van der Waals surface area contributed by atoms with Gasteiger partial charge in [-0.15, -0.1) is 0 Å². The van der Waals surface area contributed by atoms with Crippen molar-refractivity contribution in [3.8, 4) is 0 Å². The van der Waals surface area contributed by atoms with E-state index in [4.69, 9.17) is 34.2 Å². The zero-order valence-electron chi connectivity index (χ0n) is 19.3. The van der Waals surface area contributed by atoms with Gasteiger partial charge < -0.3 is 34.2 Å². The Kier molecular flexibility index (Phi) is 13.4. The minimum atomic E-state index is 0.0477. The lowest BCUT2D eigenvalue weighted by molar-refractivity contribution is -0.113. The van der Waals surface area contributed by atoms with Crippen molar-refractivity contribution in [2.75, 3.05) is 79.2 Å². The molecule has 7 heteroatoms. The van der Waals surface area contributed by atoms with Crippen molar-refractivity contribution in [2.45, 2.75) is 51.6 Å². The topological polar surface area (TPSA) is 81.4 Å². The van der Waals surface area contributed by atoms with Crippen molar-refractivity contribution in [1.29, 1.82) is 0 Å². The quantitative estimate of drug-likeness (QED) is 0.334. The standard InChI is InChI=1S/C23H45NO6/c1-20-15-21-17-22(16-20)19-23(2,18-21)30-14-13-29-12-11-28-10-9-27-8-7-26-6-5-25-4-3-24/h20-22H,3-19,24H2,1-2H3. The molecule has 2 aliphatic carbocycles. The van der Waals surface area contributed by atoms with Crippen LogP contribution in [-0.2, 0) is 28.4 Å². The number of ether oxygens (including phenoxy) is 6. The molecule has 2 N–H and O–H groups in total. The van der Waals surface area contributed by atoms with Crippen molar-refractivity contribution in [3.63, 3.8) is 0 Å². The summed E-state index contributed by atoms with van der Waals surface area (Å²) < 4.78 is 33.5. The van der Waals surface area contributed by atoms with Crippen LogP contribution in [0.1, 0.15) is 46.0 Å². The molecule has 2 rings (SSSR count). The molecule has 178 valence electrons. The summed E-state index contributed by atoms with van der Waals surface area (Å²) in [5.41, 5.74) is 5.38. The van der Waals surface area contributed by atoms with Crippen LogP contribution in [0.2, 0.25) is 0 Å². The fraction of sp³-hybridized carbons (Fsp3) is 1.00. The second kappa shape index (κ2) is 15.5. The van der Waals surface area contributed by atoms with Crippen LogP contribution in [-0.4, -0.2) is 84.8 Å². The van der Waals surface area contributed by atoms with Crippen LogP contribution in [0.15, 0.2) is 0 Å². The minimum Gasteiger partial charge on any atom is -0.378 e. The molecule has 0 aromatic heterocycles. The number of nitrogens with two attached hydrogens (primary N) is 1. The molecule has 2 bridgehead atoms. The third-order valence-corrected chi connectivity index (χ3v) is 6.01. The second-order valence-electron chi connectivity index (χ2n) is 9.10. The number of rotatable bonds is 18. The maximum Gasteiger partial charge on any atom is 0.0707 e. The zero-order chi connectivity index (χ0) is 21.5. The first kappa shape index (κ1) is 26.0. The van der Waals surface area contributed by atoms with E-state index in [1.54, 1.807) is 0 Å². The molecule has 2 atom stereocenters. The van der Waals surface area contributed by atoms with E-state index in [1.807, 2.05) is 0 Å². The Morgan fingerprint density at radius 3 is 1.47 bits per heavy atom. The highest BCUT2D eigenvalue weighted by molar-refractivity contribution is 4.92. The lowest BCUT2D eigenvalue weighted by Gasteiger charge is -2.47. The smallest absolute Gasteiger partial charge is 0.0707 e. The molecule has 0 heterocycles. The summed E-state index contributed by atoms with van der Waals surface area (Å²) in [5, 5.41) is 0. The summed E-state index contributed by atoms with van der Waals surface area (Å²) in [7, 11) is 0. The van der Waals surface area contributed by atoms with Crippen molar-refractivity contribution in [2.24, 2.45) is 23.5 Å². The van der Waals surface area contributed by atoms with Gasteiger partial charge >= 0.3 is 0 Å². The van der Waals surface area contributed by atoms with Crippen molar-refractivity contribution >= 4 is 0 Å². The average Bonchev–Trinajstić information content (AvgIpc) is 2.69. The summed E-state index contributed by atoms with van der Waals surface area (Å²) in [6, 6.07) is 0. The van der Waals surface area contributed by atoms with Gasteiger partial charge in [0.2, 0.25) is 0 Å². The Hall–Kier alpha value is -0.280. The Morgan fingerprint density at radius 2 is 1.03 bits per heavy atom. The summed E-state index contributed by atoms with van der Waals surface area (Å²) in [5.74, 6) is 2.61. The van der Waals surface area contributed by atoms with E-state index in [9.17, 15) is 0 Å². The highest BCUT2D eigenvalue weighted by Gasteiger charge is 2.41. The van der Waals surface area contributed by atoms with Crippen molar-refractivity contribution < 1.29 is 28.4 Å². The molecule has 0 aromatic rings. The van der Waals surface area contributed by atoms with Gasteiger partial charge in [-0.1, -0.05) is 6.92 Å². The van der Waals surface area contributed by atoms with Crippen LogP contribution in [0.25, 0.3) is 0 Å². The van der Waals surface area contributed by atoms with Crippen LogP contribution >= 0.6 is 0 Å². The molecule has 0 radical (unpaired) electrons. The summed E-state index contributed by atoms with van der Waals surface area (Å²) >= 11 is 0. The van der Waals surface area contributed by atoms with E-state index < -0.39 is 0 Å². The predicted molar refractivity (Wildman–Crippen MR) is 117 cm³/mol. The van der Waals surface area contributed by atoms with Crippen molar-refractivity contribution in [3.05, 3.63) is 0 Å². The summed E-state index contributed by atoms with van der Waals surface area (Å²) in [4.78, 5) is 0. The van der Waals surface area contributed by atoms with Gasteiger partial charge in [0, 0.05) is 6.54 Å². The van der Waals surface area contributed by atoms with E-state index in [1.165, 1.54) is 32.1 Å². The molecular weight excluding hydrogens is 386 g/mol. The molecule has 2 fully saturated rings. The van der Waals surface area contributed by atoms with Crippen LogP contribution < -0.4 is 5.73 Å². The van der Waals surface area contributed by atoms with Crippen LogP contribution in [0.3, 0.4) is 0 Å². The lowest BCUT2D eigenvalue weighted by atomic mass is 9.64. The lowest BCUT2D eigenvalue weighted by Crippen LogP contribution is -2.43. The van der Waals surface area contributed by atoms with Gasteiger partial charge in [-0.25, -0.2) is 0 Å². The minimum absolute atomic E-state index is 0.0477. The highest BCUT2D eigenvalue weighted by atomic mass is 16.6. The van der Waals surface area contributed by atoms with E-state index in [0.29, 0.717) is 79.2 Å². The number of hydrogen-bond donors (Lipinski definition) is 1. The molecular formula is C23H45NO6. The van der Waals surface area contributed by atoms with Gasteiger partial charge in [0.25, 0.3) is 0 Å². The average molecular weight is 432 g/mol. The Balaban J connectivity index is 1.32. The fourth-order valence-electron chi connectivity index (χ4n) is 5.07. The van der Waals surface area contributed by atoms with Gasteiger partial charge in [0.05, 0.1) is 78.3 Å². The Bertz CT molecular complexity index is 406. The molecule has 0 aromatic carbocycles. The largest absolute Gasteiger partial charge is 0.378 e. The Labute approximate surface area is 183 Å². The van der Waals surface area contributed by atoms with Crippen LogP contribution in [0, 0.1) is 17.8 Å². The second-order valence-corrected chi connectivity index (χ2v) is 9.10. The van der Waals surface area contributed by atoms with E-state index in [2.05, 4.69) is 13.8 Å². The number of hydrogen-bond acceptors (Lipinski definition) is 7. The SMILES string of the molecule is CC1CC2CC(C1)CC(C)(OCCOCCOCCOCCOCCOCCN)C2. The summed E-state index contributed by atoms with van der Waals surface area (Å²) in [6.45, 7) is 11.7. The van der Waals surface area contributed by atoms with Gasteiger partial charge in [-0.05, 0) is 56.8 Å². The highest BCUT2D eigenvalue weighted by Crippen LogP contribution is 2.47. The normalized spacial score (nSPS) is 28.7. The molecule has 2 saturated carbocycles. The first-order valence-corrected chi connectivity index (χ1v) is 11.8. The molecule has 30 heavy (non-hydrogen) atoms. The number of fused-ring (bicyclic) bond motifs is 2. The summed E-state index contributed by atoms with van der Waals surface area (Å²) in [6.07, 6.45) is 6.60. The van der Waals surface area contributed by atoms with Gasteiger partial charge in [0.1, 0.15) is 0 Å². The molecule has 0 spiro atoms. The molecule has 0 saturated heterocycles. The third-order valence-electron chi connectivity index (χ3n) is 6.01. The van der Waals surface area contributed by atoms with Gasteiger partial charge in [-0.3, -0.25) is 0 Å². The van der Waals surface area contributed by atoms with E-state index >= 15 is 0 Å². The molecule has 0 amide bonds. The van der Waals surface area contributed by atoms with Crippen molar-refractivity contribution in [1.82, 2.24) is 0 Å². The zero-order valence-corrected chi connectivity index (χ0v) is 19.3. The molecule has 2 aliphatic rings. The van der Waals surface area contributed by atoms with Crippen LogP contribution in [0.4, 0.5) is 0 Å². The molecule has 0 aliphatic heterocycles. The predicted octanol–water partition coefficient (Wildman–Crippen LogP) is 2.65. The molecule has 7 nitrogen and oxygen atoms in total. The van der Waals surface area contributed by atoms with Gasteiger partial charge in [0.15, 0.2) is 0 Å².